The third-order valence-electron chi connectivity index (χ3n) is 1.13. The van der Waals surface area contributed by atoms with Crippen LogP contribution in [0.3, 0.4) is 0 Å². The molecule has 0 amide bonds. The quantitative estimate of drug-likeness (QED) is 0.607. The van der Waals surface area contributed by atoms with E-state index < -0.39 is 5.97 Å². The molecule has 0 aliphatic carbocycles. The van der Waals surface area contributed by atoms with Crippen molar-refractivity contribution < 1.29 is 9.53 Å². The Morgan fingerprint density at radius 1 is 1.83 bits per heavy atom. The molecule has 0 aliphatic rings. The maximum atomic E-state index is 10.9. The Kier molecular flexibility index (Phi) is 2.93. The predicted molar refractivity (Wildman–Crippen MR) is 48.5 cm³/mol. The minimum absolute atomic E-state index is 0.103. The maximum Gasteiger partial charge on any atom is 0.374 e. The number of carbonyl (C=O) groups excluding carboxylic acids is 1. The number of halogens is 1. The molecule has 0 aliphatic heterocycles. The van der Waals surface area contributed by atoms with Crippen molar-refractivity contribution in [3.63, 3.8) is 0 Å². The molecular weight excluding hydrogens is 244 g/mol. The number of nitrogens with zero attached hydrogens (tertiary/aromatic N) is 1. The molecule has 64 valence electrons. The Hall–Kier alpha value is -0.750. The van der Waals surface area contributed by atoms with E-state index >= 15 is 0 Å². The Bertz CT molecular complexity index is 363. The molecule has 0 atom stereocenters. The number of hydrogen-bond donors (Lipinski definition) is 1. The second kappa shape index (κ2) is 3.77. The first-order valence-electron chi connectivity index (χ1n) is 2.98. The molecule has 0 saturated heterocycles. The lowest BCUT2D eigenvalue weighted by molar-refractivity contribution is 0.0586. The molecule has 12 heavy (non-hydrogen) atoms. The molecule has 0 fully saturated rings. The van der Waals surface area contributed by atoms with Gasteiger partial charge in [-0.1, -0.05) is 12.2 Å². The van der Waals surface area contributed by atoms with Crippen molar-refractivity contribution >= 4 is 34.1 Å². The smallest absolute Gasteiger partial charge is 0.374 e. The van der Waals surface area contributed by atoms with E-state index in [1.165, 1.54) is 13.3 Å². The Balaban J connectivity index is 3.13. The van der Waals surface area contributed by atoms with Crippen molar-refractivity contribution in [1.29, 1.82) is 0 Å². The predicted octanol–water partition coefficient (Wildman–Crippen LogP) is 1.69. The molecule has 4 nitrogen and oxygen atoms in total. The van der Waals surface area contributed by atoms with Crippen LogP contribution >= 0.6 is 28.1 Å². The average molecular weight is 249 g/mol. The van der Waals surface area contributed by atoms with Gasteiger partial charge < -0.3 is 9.72 Å². The third kappa shape index (κ3) is 1.89. The fraction of sp³-hybridized carbons (Fsp3) is 0.167. The van der Waals surface area contributed by atoms with E-state index in [0.717, 1.165) is 0 Å². The highest BCUT2D eigenvalue weighted by atomic mass is 79.9. The van der Waals surface area contributed by atoms with Crippen molar-refractivity contribution in [3.8, 4) is 0 Å². The highest BCUT2D eigenvalue weighted by Gasteiger charge is 2.06. The van der Waals surface area contributed by atoms with Gasteiger partial charge in [-0.25, -0.2) is 9.78 Å². The number of hydrogen-bond acceptors (Lipinski definition) is 4. The fourth-order valence-corrected chi connectivity index (χ4v) is 0.931. The standard InChI is InChI=1S/C6H5BrN2O2S/c1-11-6(10)4-8-2-3(7)5(12)9-4/h2H,1H3,(H,8,9,12). The van der Waals surface area contributed by atoms with E-state index in [2.05, 4.69) is 30.6 Å². The van der Waals surface area contributed by atoms with Crippen LogP contribution in [0.2, 0.25) is 0 Å². The lowest BCUT2D eigenvalue weighted by Gasteiger charge is -1.97. The molecule has 0 spiro atoms. The van der Waals surface area contributed by atoms with Gasteiger partial charge in [-0.2, -0.15) is 0 Å². The van der Waals surface area contributed by atoms with Crippen molar-refractivity contribution in [2.45, 2.75) is 0 Å². The summed E-state index contributed by atoms with van der Waals surface area (Å²) in [6.07, 6.45) is 1.45. The lowest BCUT2D eigenvalue weighted by atomic mass is 10.5. The van der Waals surface area contributed by atoms with Crippen LogP contribution in [0.15, 0.2) is 10.7 Å². The van der Waals surface area contributed by atoms with Crippen LogP contribution in [0.25, 0.3) is 0 Å². The van der Waals surface area contributed by atoms with Crippen molar-refractivity contribution in [2.24, 2.45) is 0 Å². The second-order valence-electron chi connectivity index (χ2n) is 1.90. The first-order valence-corrected chi connectivity index (χ1v) is 4.18. The minimum atomic E-state index is -0.534. The molecule has 1 N–H and O–H groups in total. The van der Waals surface area contributed by atoms with Gasteiger partial charge in [-0.05, 0) is 15.9 Å². The molecule has 1 aromatic heterocycles. The van der Waals surface area contributed by atoms with Gasteiger partial charge in [0, 0.05) is 6.20 Å². The fourth-order valence-electron chi connectivity index (χ4n) is 0.580. The molecule has 0 bridgehead atoms. The van der Waals surface area contributed by atoms with Crippen LogP contribution in [0.1, 0.15) is 10.6 Å². The molecule has 0 unspecified atom stereocenters. The molecule has 6 heteroatoms. The third-order valence-corrected chi connectivity index (χ3v) is 2.32. The number of H-pyrrole nitrogens is 1. The van der Waals surface area contributed by atoms with Gasteiger partial charge in [0.05, 0.1) is 11.6 Å². The molecule has 1 heterocycles. The summed E-state index contributed by atoms with van der Waals surface area (Å²) in [4.78, 5) is 17.3. The maximum absolute atomic E-state index is 10.9. The van der Waals surface area contributed by atoms with Crippen molar-refractivity contribution in [2.75, 3.05) is 7.11 Å². The zero-order valence-corrected chi connectivity index (χ0v) is 8.53. The van der Waals surface area contributed by atoms with Gasteiger partial charge in [0.2, 0.25) is 5.82 Å². The van der Waals surface area contributed by atoms with E-state index in [1.54, 1.807) is 0 Å². The van der Waals surface area contributed by atoms with E-state index in [4.69, 9.17) is 12.2 Å². The number of carbonyl (C=O) groups is 1. The number of methoxy groups -OCH3 is 1. The van der Waals surface area contributed by atoms with Gasteiger partial charge in [0.15, 0.2) is 0 Å². The normalized spacial score (nSPS) is 9.50. The van der Waals surface area contributed by atoms with Crippen LogP contribution in [0.4, 0.5) is 0 Å². The Morgan fingerprint density at radius 2 is 2.50 bits per heavy atom. The monoisotopic (exact) mass is 248 g/mol. The van der Waals surface area contributed by atoms with Crippen LogP contribution in [-0.2, 0) is 4.74 Å². The van der Waals surface area contributed by atoms with Gasteiger partial charge in [0.1, 0.15) is 4.64 Å². The van der Waals surface area contributed by atoms with Gasteiger partial charge in [-0.3, -0.25) is 0 Å². The topological polar surface area (TPSA) is 55.0 Å². The number of aromatic nitrogens is 2. The first-order chi connectivity index (χ1) is 5.65. The van der Waals surface area contributed by atoms with Crippen LogP contribution in [0.5, 0.6) is 0 Å². The van der Waals surface area contributed by atoms with E-state index in [1.807, 2.05) is 0 Å². The zero-order valence-electron chi connectivity index (χ0n) is 6.13. The summed E-state index contributed by atoms with van der Waals surface area (Å²) in [5.74, 6) is -0.431. The number of rotatable bonds is 1. The van der Waals surface area contributed by atoms with Crippen LogP contribution in [0, 0.1) is 4.64 Å². The summed E-state index contributed by atoms with van der Waals surface area (Å²) in [5, 5.41) is 0. The summed E-state index contributed by atoms with van der Waals surface area (Å²) in [6.45, 7) is 0. The van der Waals surface area contributed by atoms with Crippen LogP contribution < -0.4 is 0 Å². The van der Waals surface area contributed by atoms with Crippen molar-refractivity contribution in [1.82, 2.24) is 9.97 Å². The first kappa shape index (κ1) is 9.34. The van der Waals surface area contributed by atoms with Gasteiger partial charge in [-0.15, -0.1) is 0 Å². The largest absolute Gasteiger partial charge is 0.463 e. The summed E-state index contributed by atoms with van der Waals surface area (Å²) in [6, 6.07) is 0. The summed E-state index contributed by atoms with van der Waals surface area (Å²) < 4.78 is 5.50. The summed E-state index contributed by atoms with van der Waals surface area (Å²) in [7, 11) is 1.28. The van der Waals surface area contributed by atoms with Gasteiger partial charge >= 0.3 is 5.97 Å². The highest BCUT2D eigenvalue weighted by Crippen LogP contribution is 2.08. The molecule has 0 saturated carbocycles. The minimum Gasteiger partial charge on any atom is -0.463 e. The van der Waals surface area contributed by atoms with Crippen molar-refractivity contribution in [3.05, 3.63) is 21.1 Å². The van der Waals surface area contributed by atoms with E-state index in [-0.39, 0.29) is 5.82 Å². The average Bonchev–Trinajstić information content (AvgIpc) is 2.08. The van der Waals surface area contributed by atoms with Crippen LogP contribution in [-0.4, -0.2) is 23.0 Å². The SMILES string of the molecule is COC(=O)c1ncc(Br)c(=S)[nH]1. The zero-order chi connectivity index (χ0) is 9.14. The molecule has 0 aromatic carbocycles. The highest BCUT2D eigenvalue weighted by molar-refractivity contribution is 9.10. The number of ether oxygens (including phenoxy) is 1. The Morgan fingerprint density at radius 3 is 3.00 bits per heavy atom. The molecular formula is C6H5BrN2O2S. The van der Waals surface area contributed by atoms with E-state index in [9.17, 15) is 4.79 Å². The number of aromatic amines is 1. The van der Waals surface area contributed by atoms with E-state index in [0.29, 0.717) is 9.11 Å². The second-order valence-corrected chi connectivity index (χ2v) is 3.16. The molecule has 1 aromatic rings. The number of nitrogens with one attached hydrogen (secondary N) is 1. The van der Waals surface area contributed by atoms with Gasteiger partial charge in [0.25, 0.3) is 0 Å². The lowest BCUT2D eigenvalue weighted by Crippen LogP contribution is -2.06. The summed E-state index contributed by atoms with van der Waals surface area (Å²) >= 11 is 8.01. The number of esters is 1. The summed E-state index contributed by atoms with van der Waals surface area (Å²) in [5.41, 5.74) is 0. The molecule has 1 rings (SSSR count). The Labute approximate surface area is 82.1 Å². The molecule has 0 radical (unpaired) electrons.